The number of cyclic esters (lactones) is 1. The molecule has 3 N–H and O–H groups in total. The van der Waals surface area contributed by atoms with Gasteiger partial charge in [0.25, 0.3) is 0 Å². The van der Waals surface area contributed by atoms with E-state index in [0.29, 0.717) is 13.1 Å². The highest BCUT2D eigenvalue weighted by Crippen LogP contribution is 2.38. The molecule has 0 bridgehead atoms. The van der Waals surface area contributed by atoms with Crippen LogP contribution in [-0.2, 0) is 22.4 Å². The molecular weight excluding hydrogens is 408 g/mol. The van der Waals surface area contributed by atoms with Crippen molar-refractivity contribution >= 4 is 17.7 Å². The van der Waals surface area contributed by atoms with E-state index in [1.54, 1.807) is 17.0 Å². The second kappa shape index (κ2) is 8.03. The number of fused-ring (bicyclic) bond motifs is 3. The number of aryl methyl sites for hydroxylation is 1. The van der Waals surface area contributed by atoms with E-state index in [4.69, 9.17) is 4.74 Å². The van der Waals surface area contributed by atoms with Crippen LogP contribution in [0.15, 0.2) is 42.5 Å². The zero-order chi connectivity index (χ0) is 22.2. The molecular formula is C24H24N4O4. The predicted octanol–water partition coefficient (Wildman–Crippen LogP) is 3.40. The number of carbonyl (C=O) groups is 2. The Morgan fingerprint density at radius 2 is 2.06 bits per heavy atom. The van der Waals surface area contributed by atoms with E-state index in [1.165, 1.54) is 12.5 Å². The van der Waals surface area contributed by atoms with Crippen LogP contribution in [-0.4, -0.2) is 46.5 Å². The van der Waals surface area contributed by atoms with E-state index in [0.717, 1.165) is 53.0 Å². The zero-order valence-electron chi connectivity index (χ0n) is 17.7. The average molecular weight is 432 g/mol. The van der Waals surface area contributed by atoms with E-state index in [1.807, 2.05) is 24.3 Å². The lowest BCUT2D eigenvalue weighted by molar-refractivity contribution is -0.119. The van der Waals surface area contributed by atoms with Gasteiger partial charge in [-0.15, -0.1) is 0 Å². The Kier molecular flexibility index (Phi) is 5.05. The quantitative estimate of drug-likeness (QED) is 0.586. The highest BCUT2D eigenvalue weighted by molar-refractivity contribution is 5.91. The summed E-state index contributed by atoms with van der Waals surface area (Å²) in [6.45, 7) is 2.12. The molecule has 1 atom stereocenters. The van der Waals surface area contributed by atoms with Gasteiger partial charge in [-0.05, 0) is 61.2 Å². The Morgan fingerprint density at radius 1 is 1.25 bits per heavy atom. The molecule has 5 rings (SSSR count). The summed E-state index contributed by atoms with van der Waals surface area (Å²) in [5, 5.41) is 20.1. The predicted molar refractivity (Wildman–Crippen MR) is 119 cm³/mol. The first-order valence-electron chi connectivity index (χ1n) is 10.7. The number of carbonyl (C=O) groups excluding carboxylic acids is 2. The molecule has 32 heavy (non-hydrogen) atoms. The van der Waals surface area contributed by atoms with Gasteiger partial charge >= 0.3 is 6.09 Å². The fourth-order valence-corrected chi connectivity index (χ4v) is 4.42. The van der Waals surface area contributed by atoms with Crippen molar-refractivity contribution < 1.29 is 19.4 Å². The number of aromatic amines is 1. The Morgan fingerprint density at radius 3 is 2.84 bits per heavy atom. The number of benzene rings is 2. The molecule has 8 nitrogen and oxygen atoms in total. The van der Waals surface area contributed by atoms with Gasteiger partial charge in [0.1, 0.15) is 11.9 Å². The second-order valence-corrected chi connectivity index (χ2v) is 8.22. The third kappa shape index (κ3) is 3.68. The lowest BCUT2D eigenvalue weighted by Gasteiger charge is -2.16. The lowest BCUT2D eigenvalue weighted by Crippen LogP contribution is -2.33. The third-order valence-electron chi connectivity index (χ3n) is 6.01. The highest BCUT2D eigenvalue weighted by atomic mass is 16.6. The zero-order valence-corrected chi connectivity index (χ0v) is 17.7. The molecule has 2 heterocycles. The number of ether oxygens (including phenoxy) is 1. The van der Waals surface area contributed by atoms with Crippen LogP contribution < -0.4 is 10.2 Å². The number of H-pyrrole nitrogens is 1. The van der Waals surface area contributed by atoms with Gasteiger partial charge < -0.3 is 15.2 Å². The topological polar surface area (TPSA) is 108 Å². The summed E-state index contributed by atoms with van der Waals surface area (Å²) in [5.74, 6) is 0.0698. The first-order valence-corrected chi connectivity index (χ1v) is 10.7. The molecule has 2 amide bonds. The maximum Gasteiger partial charge on any atom is 0.414 e. The number of hydrogen-bond donors (Lipinski definition) is 3. The summed E-state index contributed by atoms with van der Waals surface area (Å²) in [6.07, 6.45) is 2.02. The molecule has 1 unspecified atom stereocenters. The van der Waals surface area contributed by atoms with E-state index in [9.17, 15) is 14.7 Å². The number of hydrogen-bond acceptors (Lipinski definition) is 5. The van der Waals surface area contributed by atoms with E-state index < -0.39 is 6.09 Å². The van der Waals surface area contributed by atoms with Crippen molar-refractivity contribution in [2.75, 3.05) is 18.0 Å². The lowest BCUT2D eigenvalue weighted by atomic mass is 9.99. The molecule has 8 heteroatoms. The van der Waals surface area contributed by atoms with Crippen LogP contribution in [0.5, 0.6) is 5.75 Å². The Hall–Kier alpha value is -3.81. The highest BCUT2D eigenvalue weighted by Gasteiger charge is 2.33. The molecule has 1 saturated heterocycles. The van der Waals surface area contributed by atoms with Gasteiger partial charge in [-0.3, -0.25) is 14.8 Å². The van der Waals surface area contributed by atoms with Gasteiger partial charge in [-0.2, -0.15) is 5.10 Å². The SMILES string of the molecule is CC(=O)NCC1CN(c2ccc3c(c2)-c2[nH]nc(-c4ccc(O)cc4)c2CCC3)C(=O)O1. The standard InChI is InChI=1S/C24H24N4O4/c1-14(29)25-12-19-13-28(24(31)32-19)17-8-5-15-3-2-4-20-22(16-6-9-18(30)10-7-16)26-27-23(20)21(15)11-17/h5-11,19,30H,2-4,12-13H2,1H3,(H,25,29)(H,26,27). The van der Waals surface area contributed by atoms with Crippen molar-refractivity contribution in [2.24, 2.45) is 0 Å². The molecule has 1 fully saturated rings. The third-order valence-corrected chi connectivity index (χ3v) is 6.01. The van der Waals surface area contributed by atoms with Gasteiger partial charge in [0.15, 0.2) is 0 Å². The van der Waals surface area contributed by atoms with Crippen LogP contribution in [0.1, 0.15) is 24.5 Å². The number of rotatable bonds is 4. The van der Waals surface area contributed by atoms with Crippen molar-refractivity contribution in [3.63, 3.8) is 0 Å². The minimum Gasteiger partial charge on any atom is -0.508 e. The molecule has 1 aliphatic carbocycles. The summed E-state index contributed by atoms with van der Waals surface area (Å²) in [7, 11) is 0. The molecule has 0 spiro atoms. The summed E-state index contributed by atoms with van der Waals surface area (Å²) in [6, 6.07) is 13.1. The first kappa shape index (κ1) is 20.1. The molecule has 0 saturated carbocycles. The number of anilines is 1. The number of aromatic hydroxyl groups is 1. The number of phenolic OH excluding ortho intramolecular Hbond substituents is 1. The maximum atomic E-state index is 12.5. The molecule has 3 aromatic rings. The van der Waals surface area contributed by atoms with Crippen LogP contribution in [0, 0.1) is 0 Å². The minimum atomic E-state index is -0.413. The molecule has 0 radical (unpaired) electrons. The molecule has 1 aliphatic heterocycles. The second-order valence-electron chi connectivity index (χ2n) is 8.22. The monoisotopic (exact) mass is 432 g/mol. The fraction of sp³-hybridized carbons (Fsp3) is 0.292. The summed E-state index contributed by atoms with van der Waals surface area (Å²) in [4.78, 5) is 25.3. The maximum absolute atomic E-state index is 12.5. The number of aromatic nitrogens is 2. The molecule has 2 aliphatic rings. The number of nitrogens with one attached hydrogen (secondary N) is 2. The largest absolute Gasteiger partial charge is 0.508 e. The average Bonchev–Trinajstić information content (AvgIpc) is 3.31. The van der Waals surface area contributed by atoms with Crippen molar-refractivity contribution in [2.45, 2.75) is 32.3 Å². The Balaban J connectivity index is 1.48. The number of phenols is 1. The van der Waals surface area contributed by atoms with Gasteiger partial charge in [0.05, 0.1) is 24.5 Å². The van der Waals surface area contributed by atoms with E-state index in [2.05, 4.69) is 21.6 Å². The molecule has 164 valence electrons. The summed E-state index contributed by atoms with van der Waals surface area (Å²) in [5.41, 5.74) is 6.93. The number of amides is 2. The van der Waals surface area contributed by atoms with Crippen LogP contribution in [0.4, 0.5) is 10.5 Å². The Labute approximate surface area is 185 Å². The van der Waals surface area contributed by atoms with Crippen molar-refractivity contribution in [1.82, 2.24) is 15.5 Å². The van der Waals surface area contributed by atoms with Gasteiger partial charge in [0.2, 0.25) is 5.91 Å². The van der Waals surface area contributed by atoms with Crippen LogP contribution in [0.25, 0.3) is 22.5 Å². The van der Waals surface area contributed by atoms with Gasteiger partial charge in [-0.1, -0.05) is 6.07 Å². The van der Waals surface area contributed by atoms with Crippen LogP contribution in [0.2, 0.25) is 0 Å². The van der Waals surface area contributed by atoms with Crippen molar-refractivity contribution in [3.8, 4) is 28.3 Å². The van der Waals surface area contributed by atoms with E-state index >= 15 is 0 Å². The van der Waals surface area contributed by atoms with Gasteiger partial charge in [-0.25, -0.2) is 4.79 Å². The summed E-state index contributed by atoms with van der Waals surface area (Å²) >= 11 is 0. The Bertz CT molecular complexity index is 1190. The summed E-state index contributed by atoms with van der Waals surface area (Å²) < 4.78 is 5.42. The first-order chi connectivity index (χ1) is 15.5. The molecule has 2 aromatic carbocycles. The van der Waals surface area contributed by atoms with Crippen molar-refractivity contribution in [3.05, 3.63) is 53.6 Å². The smallest absolute Gasteiger partial charge is 0.414 e. The van der Waals surface area contributed by atoms with Crippen molar-refractivity contribution in [1.29, 1.82) is 0 Å². The minimum absolute atomic E-state index is 0.152. The molecule has 1 aromatic heterocycles. The normalized spacial score (nSPS) is 17.3. The van der Waals surface area contributed by atoms with E-state index in [-0.39, 0.29) is 17.8 Å². The van der Waals surface area contributed by atoms with Crippen LogP contribution in [0.3, 0.4) is 0 Å². The fourth-order valence-electron chi connectivity index (χ4n) is 4.42. The van der Waals surface area contributed by atoms with Crippen LogP contribution >= 0.6 is 0 Å². The number of nitrogens with zero attached hydrogens (tertiary/aromatic N) is 2. The van der Waals surface area contributed by atoms with Gasteiger partial charge in [0, 0.05) is 29.3 Å².